The predicted molar refractivity (Wildman–Crippen MR) is 87.3 cm³/mol. The Kier molecular flexibility index (Phi) is 4.27. The summed E-state index contributed by atoms with van der Waals surface area (Å²) in [5, 5.41) is 21.7. The van der Waals surface area contributed by atoms with Gasteiger partial charge >= 0.3 is 0 Å². The molecule has 0 atom stereocenters. The zero-order valence-corrected chi connectivity index (χ0v) is 13.1. The average Bonchev–Trinajstić information content (AvgIpc) is 2.94. The molecule has 0 unspecified atom stereocenters. The maximum atomic E-state index is 12.6. The first kappa shape index (κ1) is 19.3. The van der Waals surface area contributed by atoms with Crippen LogP contribution in [0.3, 0.4) is 0 Å². The molecule has 0 aliphatic heterocycles. The van der Waals surface area contributed by atoms with Crippen molar-refractivity contribution in [2.75, 3.05) is 0 Å². The molecule has 0 saturated carbocycles. The lowest BCUT2D eigenvalue weighted by molar-refractivity contribution is -0.0585. The zero-order chi connectivity index (χ0) is 17.3. The predicted octanol–water partition coefficient (Wildman–Crippen LogP) is -1.04. The van der Waals surface area contributed by atoms with E-state index in [9.17, 15) is 29.4 Å². The van der Waals surface area contributed by atoms with Gasteiger partial charge in [-0.1, -0.05) is 48.5 Å². The number of Topliss-reactive ketones (excluding diaryl/α,β-unsaturated/α-hetero) is 4. The lowest BCUT2D eigenvalue weighted by Crippen LogP contribution is -2.67. The van der Waals surface area contributed by atoms with Crippen LogP contribution < -0.4 is 0 Å². The third-order valence-electron chi connectivity index (χ3n) is 4.67. The molecule has 0 heterocycles. The molecule has 0 spiro atoms. The number of fused-ring (bicyclic) bond motifs is 2. The summed E-state index contributed by atoms with van der Waals surface area (Å²) in [4.78, 5) is 50.5. The molecule has 8 nitrogen and oxygen atoms in total. The first-order valence-electron chi connectivity index (χ1n) is 7.17. The lowest BCUT2D eigenvalue weighted by atomic mass is 9.75. The van der Waals surface area contributed by atoms with Crippen molar-refractivity contribution in [1.82, 2.24) is 0 Å². The number of carbonyl (C=O) groups is 4. The summed E-state index contributed by atoms with van der Waals surface area (Å²) in [7, 11) is 0. The standard InChI is InChI=1S/C18H10O6.2H2O/c19-13-9-5-1-2-6-10(9)14(20)17(13,23)18(24)15(21)11-7-3-4-8-12(11)16(18)22;;/h1-8,23-24H;2*1H2. The first-order chi connectivity index (χ1) is 11.3. The monoisotopic (exact) mass is 358 g/mol. The van der Waals surface area contributed by atoms with Crippen molar-refractivity contribution < 1.29 is 40.3 Å². The molecule has 0 aromatic heterocycles. The number of carbonyl (C=O) groups excluding carboxylic acids is 4. The van der Waals surface area contributed by atoms with Gasteiger partial charge in [-0.25, -0.2) is 0 Å². The topological polar surface area (TPSA) is 172 Å². The van der Waals surface area contributed by atoms with Gasteiger partial charge in [-0.05, 0) is 0 Å². The summed E-state index contributed by atoms with van der Waals surface area (Å²) in [5.41, 5.74) is -6.84. The highest BCUT2D eigenvalue weighted by Crippen LogP contribution is 2.44. The van der Waals surface area contributed by atoms with E-state index in [1.54, 1.807) is 0 Å². The zero-order valence-electron chi connectivity index (χ0n) is 13.1. The molecule has 0 fully saturated rings. The minimum atomic E-state index is -3.16. The highest BCUT2D eigenvalue weighted by Gasteiger charge is 2.73. The van der Waals surface area contributed by atoms with Gasteiger partial charge < -0.3 is 21.2 Å². The quantitative estimate of drug-likeness (QED) is 0.616. The second-order valence-electron chi connectivity index (χ2n) is 5.83. The summed E-state index contributed by atoms with van der Waals surface area (Å²) in [5.74, 6) is -4.61. The van der Waals surface area contributed by atoms with Gasteiger partial charge in [0.1, 0.15) is 0 Å². The molecule has 26 heavy (non-hydrogen) atoms. The molecule has 4 rings (SSSR count). The number of benzene rings is 2. The Balaban J connectivity index is 0.00000121. The smallest absolute Gasteiger partial charge is 0.235 e. The highest BCUT2D eigenvalue weighted by molar-refractivity contribution is 6.43. The molecule has 0 saturated heterocycles. The Labute approximate surface area is 146 Å². The fourth-order valence-corrected chi connectivity index (χ4v) is 3.40. The maximum absolute atomic E-state index is 12.6. The van der Waals surface area contributed by atoms with Gasteiger partial charge in [0.2, 0.25) is 34.3 Å². The fourth-order valence-electron chi connectivity index (χ4n) is 3.40. The van der Waals surface area contributed by atoms with E-state index < -0.39 is 34.3 Å². The molecule has 0 radical (unpaired) electrons. The van der Waals surface area contributed by atoms with Crippen molar-refractivity contribution >= 4 is 23.1 Å². The molecule has 0 amide bonds. The van der Waals surface area contributed by atoms with Crippen LogP contribution in [0.25, 0.3) is 0 Å². The lowest BCUT2D eigenvalue weighted by Gasteiger charge is -2.32. The summed E-state index contributed by atoms with van der Waals surface area (Å²) in [6.45, 7) is 0. The normalized spacial score (nSPS) is 18.7. The highest BCUT2D eigenvalue weighted by atomic mass is 16.4. The Morgan fingerprint density at radius 3 is 0.885 bits per heavy atom. The fraction of sp³-hybridized carbons (Fsp3) is 0.111. The molecule has 2 aromatic rings. The molecule has 6 N–H and O–H groups in total. The summed E-state index contributed by atoms with van der Waals surface area (Å²) >= 11 is 0. The van der Waals surface area contributed by atoms with Gasteiger partial charge in [0, 0.05) is 22.3 Å². The molecule has 8 heteroatoms. The Hall–Kier alpha value is -3.04. The molecule has 2 aromatic carbocycles. The molecular formula is C18H14O8. The largest absolute Gasteiger partial charge is 0.412 e. The van der Waals surface area contributed by atoms with Crippen LogP contribution in [0.2, 0.25) is 0 Å². The summed E-state index contributed by atoms with van der Waals surface area (Å²) in [6.07, 6.45) is 0. The SMILES string of the molecule is O.O.O=C1c2ccccc2C(=O)C1(O)C1(O)C(=O)c2ccccc2C1=O. The number of aliphatic hydroxyl groups is 2. The molecule has 2 aliphatic rings. The summed E-state index contributed by atoms with van der Waals surface area (Å²) < 4.78 is 0. The Morgan fingerprint density at radius 2 is 0.692 bits per heavy atom. The van der Waals surface area contributed by atoms with Crippen LogP contribution in [0.15, 0.2) is 48.5 Å². The molecule has 2 aliphatic carbocycles. The van der Waals surface area contributed by atoms with E-state index in [-0.39, 0.29) is 33.2 Å². The number of ketones is 4. The molecule has 134 valence electrons. The van der Waals surface area contributed by atoms with Gasteiger partial charge in [0.25, 0.3) is 0 Å². The van der Waals surface area contributed by atoms with Crippen LogP contribution in [0, 0.1) is 0 Å². The first-order valence-corrected chi connectivity index (χ1v) is 7.17. The number of hydrogen-bond donors (Lipinski definition) is 2. The van der Waals surface area contributed by atoms with E-state index in [1.807, 2.05) is 0 Å². The second kappa shape index (κ2) is 5.75. The summed E-state index contributed by atoms with van der Waals surface area (Å²) in [6, 6.07) is 11.1. The van der Waals surface area contributed by atoms with Crippen LogP contribution in [0.1, 0.15) is 41.4 Å². The minimum absolute atomic E-state index is 0. The number of hydrogen-bond acceptors (Lipinski definition) is 6. The minimum Gasteiger partial charge on any atom is -0.412 e. The van der Waals surface area contributed by atoms with Gasteiger partial charge in [-0.3, -0.25) is 19.2 Å². The van der Waals surface area contributed by atoms with Crippen LogP contribution in [0.4, 0.5) is 0 Å². The third kappa shape index (κ3) is 1.81. The maximum Gasteiger partial charge on any atom is 0.235 e. The van der Waals surface area contributed by atoms with Crippen molar-refractivity contribution in [1.29, 1.82) is 0 Å². The Bertz CT molecular complexity index is 825. The van der Waals surface area contributed by atoms with Crippen molar-refractivity contribution in [2.24, 2.45) is 0 Å². The van der Waals surface area contributed by atoms with Crippen molar-refractivity contribution in [3.8, 4) is 0 Å². The van der Waals surface area contributed by atoms with Gasteiger partial charge in [-0.15, -0.1) is 0 Å². The van der Waals surface area contributed by atoms with Gasteiger partial charge in [0.15, 0.2) is 0 Å². The van der Waals surface area contributed by atoms with Crippen molar-refractivity contribution in [3.05, 3.63) is 70.8 Å². The average molecular weight is 358 g/mol. The Morgan fingerprint density at radius 1 is 0.500 bits per heavy atom. The third-order valence-corrected chi connectivity index (χ3v) is 4.67. The van der Waals surface area contributed by atoms with Crippen LogP contribution in [-0.4, -0.2) is 55.5 Å². The van der Waals surface area contributed by atoms with E-state index in [0.717, 1.165) is 0 Å². The van der Waals surface area contributed by atoms with E-state index >= 15 is 0 Å². The van der Waals surface area contributed by atoms with Crippen molar-refractivity contribution in [3.63, 3.8) is 0 Å². The van der Waals surface area contributed by atoms with E-state index in [0.29, 0.717) is 0 Å². The number of rotatable bonds is 1. The van der Waals surface area contributed by atoms with Crippen molar-refractivity contribution in [2.45, 2.75) is 11.2 Å². The van der Waals surface area contributed by atoms with Crippen LogP contribution >= 0.6 is 0 Å². The molecular weight excluding hydrogens is 344 g/mol. The van der Waals surface area contributed by atoms with E-state index in [1.165, 1.54) is 48.5 Å². The molecule has 0 bridgehead atoms. The van der Waals surface area contributed by atoms with Gasteiger partial charge in [0.05, 0.1) is 0 Å². The van der Waals surface area contributed by atoms with Gasteiger partial charge in [-0.2, -0.15) is 0 Å². The van der Waals surface area contributed by atoms with E-state index in [2.05, 4.69) is 0 Å². The van der Waals surface area contributed by atoms with E-state index in [4.69, 9.17) is 0 Å². The second-order valence-corrected chi connectivity index (χ2v) is 5.83. The van der Waals surface area contributed by atoms with Crippen LogP contribution in [0.5, 0.6) is 0 Å². The van der Waals surface area contributed by atoms with Crippen LogP contribution in [-0.2, 0) is 0 Å².